The number of carbonyl (C=O) groups excluding carboxylic acids is 1. The van der Waals surface area contributed by atoms with Crippen LogP contribution in [0.2, 0.25) is 5.02 Å². The lowest BCUT2D eigenvalue weighted by molar-refractivity contribution is -0.127. The lowest BCUT2D eigenvalue weighted by Crippen LogP contribution is -2.40. The number of halogens is 2. The third-order valence-corrected chi connectivity index (χ3v) is 4.38. The first kappa shape index (κ1) is 25.1. The predicted molar refractivity (Wildman–Crippen MR) is 123 cm³/mol. The van der Waals surface area contributed by atoms with Gasteiger partial charge in [0.15, 0.2) is 5.96 Å². The Morgan fingerprint density at radius 3 is 2.58 bits per heavy atom. The van der Waals surface area contributed by atoms with Crippen molar-refractivity contribution in [2.45, 2.75) is 6.42 Å². The number of amides is 1. The van der Waals surface area contributed by atoms with E-state index in [-0.39, 0.29) is 36.4 Å². The molecule has 1 aromatic carbocycles. The SMILES string of the molecule is COc1ccc(CCNC(=NCC(=O)N(C)C)NCCSC)c(Cl)c1.I. The van der Waals surface area contributed by atoms with Gasteiger partial charge in [-0.3, -0.25) is 4.79 Å². The second kappa shape index (κ2) is 14.2. The van der Waals surface area contributed by atoms with E-state index in [0.717, 1.165) is 30.0 Å². The van der Waals surface area contributed by atoms with Gasteiger partial charge < -0.3 is 20.3 Å². The molecule has 6 nitrogen and oxygen atoms in total. The number of rotatable bonds is 9. The van der Waals surface area contributed by atoms with Crippen molar-refractivity contribution in [1.29, 1.82) is 0 Å². The first-order valence-electron chi connectivity index (χ1n) is 8.01. The highest BCUT2D eigenvalue weighted by molar-refractivity contribution is 14.0. The highest BCUT2D eigenvalue weighted by atomic mass is 127. The maximum absolute atomic E-state index is 11.7. The first-order chi connectivity index (χ1) is 12.0. The summed E-state index contributed by atoms with van der Waals surface area (Å²) in [6.07, 6.45) is 2.79. The molecule has 0 saturated heterocycles. The van der Waals surface area contributed by atoms with Gasteiger partial charge in [0.1, 0.15) is 12.3 Å². The fourth-order valence-corrected chi connectivity index (χ4v) is 2.48. The molecule has 0 bridgehead atoms. The second-order valence-electron chi connectivity index (χ2n) is 5.51. The summed E-state index contributed by atoms with van der Waals surface area (Å²) in [5.41, 5.74) is 1.03. The van der Waals surface area contributed by atoms with E-state index in [2.05, 4.69) is 15.6 Å². The van der Waals surface area contributed by atoms with Gasteiger partial charge in [-0.15, -0.1) is 24.0 Å². The number of carbonyl (C=O) groups is 1. The number of methoxy groups -OCH3 is 1. The lowest BCUT2D eigenvalue weighted by Gasteiger charge is -2.14. The average Bonchev–Trinajstić information content (AvgIpc) is 2.60. The molecule has 0 aliphatic heterocycles. The minimum absolute atomic E-state index is 0. The van der Waals surface area contributed by atoms with Crippen LogP contribution in [0.25, 0.3) is 0 Å². The van der Waals surface area contributed by atoms with Gasteiger partial charge in [-0.05, 0) is 30.4 Å². The highest BCUT2D eigenvalue weighted by Gasteiger charge is 2.06. The summed E-state index contributed by atoms with van der Waals surface area (Å²) in [5, 5.41) is 7.15. The van der Waals surface area contributed by atoms with E-state index >= 15 is 0 Å². The zero-order valence-electron chi connectivity index (χ0n) is 15.7. The number of likely N-dealkylation sites (N-methyl/N-ethyl adjacent to an activating group) is 1. The Labute approximate surface area is 182 Å². The van der Waals surface area contributed by atoms with Gasteiger partial charge in [0, 0.05) is 38.0 Å². The van der Waals surface area contributed by atoms with Crippen LogP contribution in [0.15, 0.2) is 23.2 Å². The van der Waals surface area contributed by atoms with Crippen LogP contribution in [0.5, 0.6) is 5.75 Å². The molecule has 0 heterocycles. The molecule has 0 unspecified atom stereocenters. The van der Waals surface area contributed by atoms with Crippen molar-refractivity contribution >= 4 is 59.2 Å². The Kier molecular flexibility index (Phi) is 13.7. The summed E-state index contributed by atoms with van der Waals surface area (Å²) >= 11 is 8.01. The molecule has 9 heteroatoms. The van der Waals surface area contributed by atoms with Gasteiger partial charge in [-0.2, -0.15) is 11.8 Å². The number of hydrogen-bond acceptors (Lipinski definition) is 4. The number of benzene rings is 1. The second-order valence-corrected chi connectivity index (χ2v) is 6.90. The third-order valence-electron chi connectivity index (χ3n) is 3.42. The monoisotopic (exact) mass is 514 g/mol. The molecule has 0 aliphatic carbocycles. The van der Waals surface area contributed by atoms with Crippen molar-refractivity contribution in [1.82, 2.24) is 15.5 Å². The fraction of sp³-hybridized carbons (Fsp3) is 0.529. The predicted octanol–water partition coefficient (Wildman–Crippen LogP) is 2.50. The van der Waals surface area contributed by atoms with Gasteiger partial charge in [-0.1, -0.05) is 17.7 Å². The van der Waals surface area contributed by atoms with Gasteiger partial charge in [-0.25, -0.2) is 4.99 Å². The van der Waals surface area contributed by atoms with Crippen molar-refractivity contribution in [3.8, 4) is 5.75 Å². The molecule has 1 aromatic rings. The van der Waals surface area contributed by atoms with Crippen LogP contribution in [-0.2, 0) is 11.2 Å². The average molecular weight is 515 g/mol. The number of thioether (sulfide) groups is 1. The van der Waals surface area contributed by atoms with Crippen LogP contribution in [-0.4, -0.2) is 69.6 Å². The number of aliphatic imine (C=N–C) groups is 1. The Morgan fingerprint density at radius 2 is 2.00 bits per heavy atom. The van der Waals surface area contributed by atoms with Gasteiger partial charge in [0.2, 0.25) is 5.91 Å². The fourth-order valence-electron chi connectivity index (χ4n) is 1.91. The number of hydrogen-bond donors (Lipinski definition) is 2. The van der Waals surface area contributed by atoms with Crippen LogP contribution >= 0.6 is 47.3 Å². The van der Waals surface area contributed by atoms with Crippen LogP contribution in [0.1, 0.15) is 5.56 Å². The molecule has 0 atom stereocenters. The van der Waals surface area contributed by atoms with Crippen LogP contribution in [0.3, 0.4) is 0 Å². The molecule has 0 aliphatic rings. The molecule has 0 saturated carbocycles. The van der Waals surface area contributed by atoms with E-state index in [1.165, 1.54) is 4.90 Å². The standard InChI is InChI=1S/C17H27ClN4O2S.HI/c1-22(2)16(23)12-21-17(20-9-10-25-4)19-8-7-13-5-6-14(24-3)11-15(13)18;/h5-6,11H,7-10,12H2,1-4H3,(H2,19,20,21);1H. The maximum Gasteiger partial charge on any atom is 0.243 e. The molecule has 2 N–H and O–H groups in total. The Morgan fingerprint density at radius 1 is 1.31 bits per heavy atom. The summed E-state index contributed by atoms with van der Waals surface area (Å²) in [6.45, 7) is 1.56. The van der Waals surface area contributed by atoms with Crippen molar-refractivity contribution in [2.24, 2.45) is 4.99 Å². The van der Waals surface area contributed by atoms with E-state index in [1.807, 2.05) is 18.4 Å². The molecule has 148 valence electrons. The highest BCUT2D eigenvalue weighted by Crippen LogP contribution is 2.22. The number of ether oxygens (including phenoxy) is 1. The Balaban J connectivity index is 0.00000625. The smallest absolute Gasteiger partial charge is 0.243 e. The Hall–Kier alpha value is -0.870. The molecule has 0 spiro atoms. The minimum Gasteiger partial charge on any atom is -0.497 e. The van der Waals surface area contributed by atoms with Gasteiger partial charge >= 0.3 is 0 Å². The van der Waals surface area contributed by atoms with E-state index in [9.17, 15) is 4.79 Å². The van der Waals surface area contributed by atoms with Crippen LogP contribution in [0, 0.1) is 0 Å². The minimum atomic E-state index is -0.0378. The molecule has 1 rings (SSSR count). The Bertz CT molecular complexity index is 588. The van der Waals surface area contributed by atoms with E-state index < -0.39 is 0 Å². The summed E-state index contributed by atoms with van der Waals surface area (Å²) in [6, 6.07) is 5.65. The molecular formula is C17H28ClIN4O2S. The third kappa shape index (κ3) is 9.72. The molecular weight excluding hydrogens is 487 g/mol. The topological polar surface area (TPSA) is 66.0 Å². The molecule has 26 heavy (non-hydrogen) atoms. The quantitative estimate of drug-likeness (QED) is 0.229. The van der Waals surface area contributed by atoms with Crippen molar-refractivity contribution in [3.05, 3.63) is 28.8 Å². The molecule has 0 fully saturated rings. The number of guanidine groups is 1. The summed E-state index contributed by atoms with van der Waals surface area (Å²) < 4.78 is 5.15. The van der Waals surface area contributed by atoms with Crippen molar-refractivity contribution < 1.29 is 9.53 Å². The van der Waals surface area contributed by atoms with E-state index in [0.29, 0.717) is 17.5 Å². The van der Waals surface area contributed by atoms with Crippen LogP contribution in [0.4, 0.5) is 0 Å². The van der Waals surface area contributed by atoms with Crippen molar-refractivity contribution in [2.75, 3.05) is 52.8 Å². The largest absolute Gasteiger partial charge is 0.497 e. The number of nitrogens with zero attached hydrogens (tertiary/aromatic N) is 2. The normalized spacial score (nSPS) is 10.7. The molecule has 1 amide bonds. The van der Waals surface area contributed by atoms with Gasteiger partial charge in [0.05, 0.1) is 7.11 Å². The number of nitrogens with one attached hydrogen (secondary N) is 2. The van der Waals surface area contributed by atoms with Gasteiger partial charge in [0.25, 0.3) is 0 Å². The zero-order valence-corrected chi connectivity index (χ0v) is 19.6. The van der Waals surface area contributed by atoms with E-state index in [1.54, 1.807) is 39.0 Å². The summed E-state index contributed by atoms with van der Waals surface area (Å²) in [7, 11) is 5.06. The molecule has 0 radical (unpaired) electrons. The molecule has 0 aromatic heterocycles. The zero-order chi connectivity index (χ0) is 18.7. The first-order valence-corrected chi connectivity index (χ1v) is 9.78. The maximum atomic E-state index is 11.7. The van der Waals surface area contributed by atoms with Crippen LogP contribution < -0.4 is 15.4 Å². The summed E-state index contributed by atoms with van der Waals surface area (Å²) in [5.74, 6) is 2.30. The summed E-state index contributed by atoms with van der Waals surface area (Å²) in [4.78, 5) is 17.6. The lowest BCUT2D eigenvalue weighted by atomic mass is 10.1. The van der Waals surface area contributed by atoms with Crippen molar-refractivity contribution in [3.63, 3.8) is 0 Å². The van der Waals surface area contributed by atoms with E-state index in [4.69, 9.17) is 16.3 Å².